The molecule has 1 fully saturated rings. The van der Waals surface area contributed by atoms with Crippen molar-refractivity contribution < 1.29 is 4.42 Å². The summed E-state index contributed by atoms with van der Waals surface area (Å²) in [7, 11) is 0. The summed E-state index contributed by atoms with van der Waals surface area (Å²) in [6.07, 6.45) is 1.81. The van der Waals surface area contributed by atoms with Gasteiger partial charge in [0.2, 0.25) is 0 Å². The summed E-state index contributed by atoms with van der Waals surface area (Å²) in [6, 6.07) is 16.2. The van der Waals surface area contributed by atoms with Crippen LogP contribution in [0.2, 0.25) is 0 Å². The number of pyridine rings is 1. The molecule has 2 atom stereocenters. The molecule has 6 heteroatoms. The van der Waals surface area contributed by atoms with Gasteiger partial charge in [-0.25, -0.2) is 0 Å². The molecule has 0 saturated carbocycles. The van der Waals surface area contributed by atoms with Crippen LogP contribution in [-0.2, 0) is 0 Å². The molecule has 3 aromatic rings. The number of halogens is 1. The molecule has 1 aliphatic heterocycles. The molecule has 0 bridgehead atoms. The lowest BCUT2D eigenvalue weighted by molar-refractivity contribution is 0.284. The van der Waals surface area contributed by atoms with Crippen molar-refractivity contribution in [3.63, 3.8) is 0 Å². The van der Waals surface area contributed by atoms with Gasteiger partial charge in [-0.05, 0) is 68.0 Å². The Labute approximate surface area is 172 Å². The van der Waals surface area contributed by atoms with Crippen molar-refractivity contribution in [1.82, 2.24) is 15.2 Å². The number of hydrogen-bond donors (Lipinski definition) is 1. The van der Waals surface area contributed by atoms with E-state index in [0.717, 1.165) is 38.9 Å². The van der Waals surface area contributed by atoms with Gasteiger partial charge in [0.1, 0.15) is 17.6 Å². The van der Waals surface area contributed by atoms with Gasteiger partial charge in [0, 0.05) is 22.8 Å². The fourth-order valence-electron chi connectivity index (χ4n) is 3.53. The molecule has 1 aliphatic rings. The van der Waals surface area contributed by atoms with Gasteiger partial charge in [-0.15, -0.1) is 0 Å². The SMILES string of the molecule is CCN1C(=S)N[C@@H](c2ccccn2)[C@@H]1c1ccc(-c2ccc(C)cc2Br)o1. The van der Waals surface area contributed by atoms with Crippen LogP contribution in [0.4, 0.5) is 0 Å². The summed E-state index contributed by atoms with van der Waals surface area (Å²) in [5.74, 6) is 1.72. The van der Waals surface area contributed by atoms with Crippen molar-refractivity contribution in [1.29, 1.82) is 0 Å². The Morgan fingerprint density at radius 3 is 2.78 bits per heavy atom. The highest BCUT2D eigenvalue weighted by molar-refractivity contribution is 9.10. The Hall–Kier alpha value is -2.18. The van der Waals surface area contributed by atoms with Gasteiger partial charge in [-0.3, -0.25) is 4.98 Å². The fourth-order valence-corrected chi connectivity index (χ4v) is 4.59. The van der Waals surface area contributed by atoms with Crippen molar-refractivity contribution >= 4 is 33.3 Å². The Balaban J connectivity index is 1.73. The predicted molar refractivity (Wildman–Crippen MR) is 114 cm³/mol. The van der Waals surface area contributed by atoms with Crippen LogP contribution in [-0.4, -0.2) is 21.5 Å². The molecule has 4 rings (SSSR count). The molecule has 0 radical (unpaired) electrons. The lowest BCUT2D eigenvalue weighted by atomic mass is 10.0. The third kappa shape index (κ3) is 3.39. The second-order valence-corrected chi connectivity index (χ2v) is 7.84. The molecule has 138 valence electrons. The maximum atomic E-state index is 6.31. The average Bonchev–Trinajstić information content (AvgIpc) is 3.26. The summed E-state index contributed by atoms with van der Waals surface area (Å²) < 4.78 is 7.33. The zero-order valence-corrected chi connectivity index (χ0v) is 17.5. The molecule has 0 spiro atoms. The minimum Gasteiger partial charge on any atom is -0.459 e. The smallest absolute Gasteiger partial charge is 0.170 e. The van der Waals surface area contributed by atoms with Gasteiger partial charge in [-0.1, -0.05) is 28.1 Å². The summed E-state index contributed by atoms with van der Waals surface area (Å²) in [5.41, 5.74) is 3.20. The minimum atomic E-state index is -0.0425. The molecule has 2 aromatic heterocycles. The average molecular weight is 442 g/mol. The van der Waals surface area contributed by atoms with Crippen molar-refractivity contribution in [2.45, 2.75) is 25.9 Å². The number of nitrogens with zero attached hydrogens (tertiary/aromatic N) is 2. The maximum Gasteiger partial charge on any atom is 0.170 e. The lowest BCUT2D eigenvalue weighted by Crippen LogP contribution is -2.29. The first-order valence-corrected chi connectivity index (χ1v) is 10.1. The van der Waals surface area contributed by atoms with E-state index in [1.165, 1.54) is 5.56 Å². The number of nitrogens with one attached hydrogen (secondary N) is 1. The largest absolute Gasteiger partial charge is 0.459 e. The van der Waals surface area contributed by atoms with E-state index in [2.05, 4.69) is 63.2 Å². The predicted octanol–water partition coefficient (Wildman–Crippen LogP) is 5.40. The van der Waals surface area contributed by atoms with Crippen LogP contribution in [0.1, 0.15) is 36.0 Å². The Morgan fingerprint density at radius 2 is 2.07 bits per heavy atom. The number of likely N-dealkylation sites (N-methyl/N-ethyl adjacent to an activating group) is 1. The van der Waals surface area contributed by atoms with Gasteiger partial charge in [-0.2, -0.15) is 0 Å². The molecule has 0 unspecified atom stereocenters. The number of rotatable bonds is 4. The summed E-state index contributed by atoms with van der Waals surface area (Å²) >= 11 is 9.21. The molecule has 3 heterocycles. The number of aromatic nitrogens is 1. The lowest BCUT2D eigenvalue weighted by Gasteiger charge is -2.24. The maximum absolute atomic E-state index is 6.31. The third-order valence-electron chi connectivity index (χ3n) is 4.85. The zero-order chi connectivity index (χ0) is 19.0. The van der Waals surface area contributed by atoms with Crippen molar-refractivity contribution in [3.05, 3.63) is 76.2 Å². The molecule has 0 aliphatic carbocycles. The van der Waals surface area contributed by atoms with Crippen LogP contribution >= 0.6 is 28.1 Å². The number of hydrogen-bond acceptors (Lipinski definition) is 3. The van der Waals surface area contributed by atoms with E-state index in [1.807, 2.05) is 36.5 Å². The second-order valence-electron chi connectivity index (χ2n) is 6.60. The third-order valence-corrected chi connectivity index (χ3v) is 5.86. The highest BCUT2D eigenvalue weighted by Gasteiger charge is 2.40. The van der Waals surface area contributed by atoms with E-state index in [9.17, 15) is 0 Å². The Kier molecular flexibility index (Phi) is 5.02. The summed E-state index contributed by atoms with van der Waals surface area (Å²) in [4.78, 5) is 6.68. The van der Waals surface area contributed by atoms with Crippen molar-refractivity contribution in [2.24, 2.45) is 0 Å². The van der Waals surface area contributed by atoms with E-state index in [4.69, 9.17) is 16.6 Å². The zero-order valence-electron chi connectivity index (χ0n) is 15.1. The number of aryl methyl sites for hydroxylation is 1. The van der Waals surface area contributed by atoms with Gasteiger partial charge >= 0.3 is 0 Å². The van der Waals surface area contributed by atoms with E-state index in [0.29, 0.717) is 0 Å². The normalized spacial score (nSPS) is 19.4. The minimum absolute atomic E-state index is 0.0321. The summed E-state index contributed by atoms with van der Waals surface area (Å²) in [5, 5.41) is 4.14. The van der Waals surface area contributed by atoms with E-state index >= 15 is 0 Å². The van der Waals surface area contributed by atoms with Crippen LogP contribution in [0.25, 0.3) is 11.3 Å². The number of furan rings is 1. The highest BCUT2D eigenvalue weighted by atomic mass is 79.9. The Bertz CT molecular complexity index is 973. The Morgan fingerprint density at radius 1 is 1.22 bits per heavy atom. The molecule has 0 amide bonds. The van der Waals surface area contributed by atoms with Crippen LogP contribution in [0.15, 0.2) is 63.6 Å². The van der Waals surface area contributed by atoms with Crippen molar-refractivity contribution in [2.75, 3.05) is 6.54 Å². The van der Waals surface area contributed by atoms with E-state index < -0.39 is 0 Å². The fraction of sp³-hybridized carbons (Fsp3) is 0.238. The number of thiocarbonyl (C=S) groups is 1. The second kappa shape index (κ2) is 7.44. The molecular formula is C21H20BrN3OS. The van der Waals surface area contributed by atoms with E-state index in [1.54, 1.807) is 0 Å². The van der Waals surface area contributed by atoms with Crippen LogP contribution < -0.4 is 5.32 Å². The first-order valence-electron chi connectivity index (χ1n) is 8.93. The quantitative estimate of drug-likeness (QED) is 0.548. The number of benzene rings is 1. The van der Waals surface area contributed by atoms with E-state index in [-0.39, 0.29) is 12.1 Å². The first kappa shape index (κ1) is 18.2. The van der Waals surface area contributed by atoms with Gasteiger partial charge < -0.3 is 14.6 Å². The van der Waals surface area contributed by atoms with Crippen molar-refractivity contribution in [3.8, 4) is 11.3 Å². The molecule has 1 aromatic carbocycles. The highest BCUT2D eigenvalue weighted by Crippen LogP contribution is 2.41. The first-order chi connectivity index (χ1) is 13.1. The van der Waals surface area contributed by atoms with Crippen LogP contribution in [0.3, 0.4) is 0 Å². The van der Waals surface area contributed by atoms with Gasteiger partial charge in [0.25, 0.3) is 0 Å². The van der Waals surface area contributed by atoms with Gasteiger partial charge in [0.05, 0.1) is 11.7 Å². The van der Waals surface area contributed by atoms with Crippen LogP contribution in [0, 0.1) is 6.92 Å². The monoisotopic (exact) mass is 441 g/mol. The molecule has 27 heavy (non-hydrogen) atoms. The van der Waals surface area contributed by atoms with Crippen LogP contribution in [0.5, 0.6) is 0 Å². The standard InChI is InChI=1S/C21H20BrN3OS/c1-3-25-20(19(24-21(25)27)16-6-4-5-11-23-16)18-10-9-17(26-18)14-8-7-13(2)12-15(14)22/h4-12,19-20H,3H2,1-2H3,(H,24,27)/t19-,20-/m0/s1. The molecule has 4 nitrogen and oxygen atoms in total. The summed E-state index contributed by atoms with van der Waals surface area (Å²) in [6.45, 7) is 4.97. The molecule has 1 N–H and O–H groups in total. The molecular weight excluding hydrogens is 422 g/mol. The topological polar surface area (TPSA) is 41.3 Å². The molecule has 1 saturated heterocycles. The van der Waals surface area contributed by atoms with Gasteiger partial charge in [0.15, 0.2) is 5.11 Å².